The van der Waals surface area contributed by atoms with E-state index in [9.17, 15) is 4.79 Å². The van der Waals surface area contributed by atoms with Crippen LogP contribution in [0.2, 0.25) is 10.0 Å². The first-order valence-corrected chi connectivity index (χ1v) is 8.62. The Morgan fingerprint density at radius 2 is 1.62 bits per heavy atom. The van der Waals surface area contributed by atoms with Crippen molar-refractivity contribution < 1.29 is 19.0 Å². The van der Waals surface area contributed by atoms with Gasteiger partial charge in [0, 0.05) is 23.6 Å². The van der Waals surface area contributed by atoms with Crippen LogP contribution >= 0.6 is 23.2 Å². The van der Waals surface area contributed by atoms with Gasteiger partial charge in [-0.15, -0.1) is 0 Å². The number of carbonyl (C=O) groups is 1. The SMILES string of the molecule is COc1cc(CC(=O)N(C)Cc2ccc(Cl)cc2Cl)cc(OC)c1OC. The summed E-state index contributed by atoms with van der Waals surface area (Å²) in [5, 5.41) is 1.09. The lowest BCUT2D eigenvalue weighted by Gasteiger charge is -2.19. The fraction of sp³-hybridized carbons (Fsp3) is 0.316. The summed E-state index contributed by atoms with van der Waals surface area (Å²) in [6.45, 7) is 0.388. The molecule has 0 bridgehead atoms. The maximum atomic E-state index is 12.6. The third-order valence-electron chi connectivity index (χ3n) is 3.93. The predicted octanol–water partition coefficient (Wildman–Crippen LogP) is 4.22. The van der Waals surface area contributed by atoms with E-state index in [2.05, 4.69) is 0 Å². The average Bonchev–Trinajstić information content (AvgIpc) is 2.62. The summed E-state index contributed by atoms with van der Waals surface area (Å²) < 4.78 is 15.9. The van der Waals surface area contributed by atoms with Crippen LogP contribution in [0.5, 0.6) is 17.2 Å². The Balaban J connectivity index is 2.15. The Morgan fingerprint density at radius 3 is 2.12 bits per heavy atom. The number of amides is 1. The summed E-state index contributed by atoms with van der Waals surface area (Å²) in [7, 11) is 6.34. The minimum atomic E-state index is -0.0645. The fourth-order valence-electron chi connectivity index (χ4n) is 2.54. The molecule has 0 spiro atoms. The van der Waals surface area contributed by atoms with Crippen molar-refractivity contribution in [1.82, 2.24) is 4.90 Å². The zero-order chi connectivity index (χ0) is 19.3. The van der Waals surface area contributed by atoms with Crippen LogP contribution in [0.15, 0.2) is 30.3 Å². The second-order valence-electron chi connectivity index (χ2n) is 5.70. The molecule has 0 saturated heterocycles. The highest BCUT2D eigenvalue weighted by molar-refractivity contribution is 6.35. The maximum Gasteiger partial charge on any atom is 0.227 e. The molecule has 140 valence electrons. The van der Waals surface area contributed by atoms with Crippen LogP contribution in [0, 0.1) is 0 Å². The van der Waals surface area contributed by atoms with Crippen molar-refractivity contribution in [2.24, 2.45) is 0 Å². The Bertz CT molecular complexity index is 770. The lowest BCUT2D eigenvalue weighted by atomic mass is 10.1. The number of hydrogen-bond acceptors (Lipinski definition) is 4. The maximum absolute atomic E-state index is 12.6. The summed E-state index contributed by atoms with van der Waals surface area (Å²) in [5.41, 5.74) is 1.59. The molecule has 7 heteroatoms. The van der Waals surface area contributed by atoms with Crippen molar-refractivity contribution >= 4 is 29.1 Å². The molecule has 0 aliphatic heterocycles. The van der Waals surface area contributed by atoms with Gasteiger partial charge < -0.3 is 19.1 Å². The molecule has 0 unspecified atom stereocenters. The highest BCUT2D eigenvalue weighted by Gasteiger charge is 2.17. The largest absolute Gasteiger partial charge is 0.493 e. The van der Waals surface area contributed by atoms with E-state index < -0.39 is 0 Å². The van der Waals surface area contributed by atoms with Crippen molar-refractivity contribution in [3.63, 3.8) is 0 Å². The van der Waals surface area contributed by atoms with Crippen LogP contribution in [-0.2, 0) is 17.8 Å². The zero-order valence-corrected chi connectivity index (χ0v) is 16.6. The van der Waals surface area contributed by atoms with E-state index in [0.29, 0.717) is 33.8 Å². The topological polar surface area (TPSA) is 48.0 Å². The zero-order valence-electron chi connectivity index (χ0n) is 15.1. The van der Waals surface area contributed by atoms with Crippen LogP contribution in [0.4, 0.5) is 0 Å². The molecule has 0 saturated carbocycles. The van der Waals surface area contributed by atoms with Gasteiger partial charge in [0.1, 0.15) is 0 Å². The van der Waals surface area contributed by atoms with E-state index in [1.165, 1.54) is 21.3 Å². The van der Waals surface area contributed by atoms with E-state index in [4.69, 9.17) is 37.4 Å². The molecule has 0 atom stereocenters. The Morgan fingerprint density at radius 1 is 1.00 bits per heavy atom. The van der Waals surface area contributed by atoms with Gasteiger partial charge in [-0.3, -0.25) is 4.79 Å². The lowest BCUT2D eigenvalue weighted by molar-refractivity contribution is -0.129. The van der Waals surface area contributed by atoms with Crippen LogP contribution in [0.3, 0.4) is 0 Å². The summed E-state index contributed by atoms with van der Waals surface area (Å²) in [6, 6.07) is 8.76. The molecule has 0 aliphatic carbocycles. The molecule has 0 aliphatic rings. The van der Waals surface area contributed by atoms with Gasteiger partial charge in [-0.1, -0.05) is 29.3 Å². The number of hydrogen-bond donors (Lipinski definition) is 0. The van der Waals surface area contributed by atoms with Crippen molar-refractivity contribution in [3.8, 4) is 17.2 Å². The minimum Gasteiger partial charge on any atom is -0.493 e. The summed E-state index contributed by atoms with van der Waals surface area (Å²) in [5.74, 6) is 1.45. The molecule has 0 fully saturated rings. The smallest absolute Gasteiger partial charge is 0.227 e. The van der Waals surface area contributed by atoms with E-state index in [-0.39, 0.29) is 12.3 Å². The fourth-order valence-corrected chi connectivity index (χ4v) is 3.01. The third kappa shape index (κ3) is 4.74. The van der Waals surface area contributed by atoms with Gasteiger partial charge in [-0.25, -0.2) is 0 Å². The quantitative estimate of drug-likeness (QED) is 0.701. The first-order valence-electron chi connectivity index (χ1n) is 7.86. The first kappa shape index (κ1) is 20.2. The first-order chi connectivity index (χ1) is 12.4. The van der Waals surface area contributed by atoms with E-state index >= 15 is 0 Å². The Hall–Kier alpha value is -2.11. The van der Waals surface area contributed by atoms with Crippen molar-refractivity contribution in [3.05, 3.63) is 51.5 Å². The monoisotopic (exact) mass is 397 g/mol. The number of likely N-dealkylation sites (N-methyl/N-ethyl adjacent to an activating group) is 1. The Labute approximate surface area is 163 Å². The molecule has 2 rings (SSSR count). The molecule has 2 aromatic carbocycles. The van der Waals surface area contributed by atoms with E-state index in [1.54, 1.807) is 36.2 Å². The number of ether oxygens (including phenoxy) is 3. The number of methoxy groups -OCH3 is 3. The summed E-state index contributed by atoms with van der Waals surface area (Å²) in [6.07, 6.45) is 0.193. The third-order valence-corrected chi connectivity index (χ3v) is 4.52. The van der Waals surface area contributed by atoms with Crippen molar-refractivity contribution in [2.75, 3.05) is 28.4 Å². The molecule has 0 radical (unpaired) electrons. The van der Waals surface area contributed by atoms with Gasteiger partial charge >= 0.3 is 0 Å². The normalized spacial score (nSPS) is 10.4. The highest BCUT2D eigenvalue weighted by Crippen LogP contribution is 2.38. The number of rotatable bonds is 7. The van der Waals surface area contributed by atoms with Crippen LogP contribution in [0.1, 0.15) is 11.1 Å². The second kappa shape index (κ2) is 9.01. The van der Waals surface area contributed by atoms with Crippen molar-refractivity contribution in [1.29, 1.82) is 0 Å². The average molecular weight is 398 g/mol. The van der Waals surface area contributed by atoms with Gasteiger partial charge in [-0.2, -0.15) is 0 Å². The molecule has 26 heavy (non-hydrogen) atoms. The van der Waals surface area contributed by atoms with Gasteiger partial charge in [0.2, 0.25) is 11.7 Å². The van der Waals surface area contributed by atoms with Crippen LogP contribution in [-0.4, -0.2) is 39.2 Å². The molecule has 0 N–H and O–H groups in total. The van der Waals surface area contributed by atoms with E-state index in [0.717, 1.165) is 11.1 Å². The van der Waals surface area contributed by atoms with Gasteiger partial charge in [0.25, 0.3) is 0 Å². The molecular weight excluding hydrogens is 377 g/mol. The highest BCUT2D eigenvalue weighted by atomic mass is 35.5. The lowest BCUT2D eigenvalue weighted by Crippen LogP contribution is -2.27. The Kier molecular flexibility index (Phi) is 7.00. The van der Waals surface area contributed by atoms with Gasteiger partial charge in [0.15, 0.2) is 11.5 Å². The molecule has 0 heterocycles. The summed E-state index contributed by atoms with van der Waals surface area (Å²) >= 11 is 12.1. The van der Waals surface area contributed by atoms with E-state index in [1.807, 2.05) is 6.07 Å². The predicted molar refractivity (Wildman–Crippen MR) is 103 cm³/mol. The second-order valence-corrected chi connectivity index (χ2v) is 6.54. The molecular formula is C19H21Cl2NO4. The number of halogens is 2. The van der Waals surface area contributed by atoms with Gasteiger partial charge in [-0.05, 0) is 35.4 Å². The molecule has 1 amide bonds. The van der Waals surface area contributed by atoms with Crippen LogP contribution in [0.25, 0.3) is 0 Å². The standard InChI is InChI=1S/C19H21Cl2NO4/c1-22(11-13-5-6-14(20)10-15(13)21)18(23)9-12-7-16(24-2)19(26-4)17(8-12)25-3/h5-8,10H,9,11H2,1-4H3. The molecule has 2 aromatic rings. The number of benzene rings is 2. The molecule has 5 nitrogen and oxygen atoms in total. The van der Waals surface area contributed by atoms with Crippen molar-refractivity contribution in [2.45, 2.75) is 13.0 Å². The number of nitrogens with zero attached hydrogens (tertiary/aromatic N) is 1. The van der Waals surface area contributed by atoms with Gasteiger partial charge in [0.05, 0.1) is 27.8 Å². The summed E-state index contributed by atoms with van der Waals surface area (Å²) in [4.78, 5) is 14.2. The molecule has 0 aromatic heterocycles. The number of carbonyl (C=O) groups excluding carboxylic acids is 1. The minimum absolute atomic E-state index is 0.0645. The van der Waals surface area contributed by atoms with Crippen LogP contribution < -0.4 is 14.2 Å².